The van der Waals surface area contributed by atoms with E-state index in [4.69, 9.17) is 4.74 Å². The van der Waals surface area contributed by atoms with E-state index in [2.05, 4.69) is 30.6 Å². The molecule has 0 atom stereocenters. The number of methoxy groups -OCH3 is 1. The average molecular weight is 428 g/mol. The molecule has 3 heterocycles. The smallest absolute Gasteiger partial charge is 0.227 e. The number of carbonyl (C=O) groups excluding carboxylic acids is 1. The highest BCUT2D eigenvalue weighted by molar-refractivity contribution is 5.95. The minimum absolute atomic E-state index is 0.0183. The topological polar surface area (TPSA) is 96.0 Å². The number of fused-ring (bicyclic) bond motifs is 1. The highest BCUT2D eigenvalue weighted by Gasteiger charge is 2.26. The molecule has 32 heavy (non-hydrogen) atoms. The van der Waals surface area contributed by atoms with Crippen molar-refractivity contribution in [1.82, 2.24) is 20.4 Å². The molecule has 0 radical (unpaired) electrons. The number of ether oxygens (including phenoxy) is 1. The zero-order chi connectivity index (χ0) is 21.9. The van der Waals surface area contributed by atoms with Gasteiger partial charge in [-0.1, -0.05) is 0 Å². The number of aromatic amines is 1. The zero-order valence-corrected chi connectivity index (χ0v) is 17.8. The predicted molar refractivity (Wildman–Crippen MR) is 124 cm³/mol. The monoisotopic (exact) mass is 428 g/mol. The summed E-state index contributed by atoms with van der Waals surface area (Å²) in [4.78, 5) is 14.9. The van der Waals surface area contributed by atoms with Crippen molar-refractivity contribution >= 4 is 28.3 Å². The summed E-state index contributed by atoms with van der Waals surface area (Å²) >= 11 is 0. The molecule has 4 aromatic rings. The maximum Gasteiger partial charge on any atom is 0.227 e. The van der Waals surface area contributed by atoms with Crippen molar-refractivity contribution in [3.63, 3.8) is 0 Å². The van der Waals surface area contributed by atoms with Crippen LogP contribution < -0.4 is 15.0 Å². The number of hydrogen-bond acceptors (Lipinski definition) is 6. The van der Waals surface area contributed by atoms with Crippen LogP contribution in [0, 0.1) is 5.92 Å². The van der Waals surface area contributed by atoms with E-state index in [-0.39, 0.29) is 11.8 Å². The number of anilines is 2. The molecule has 8 heteroatoms. The fraction of sp³-hybridized carbons (Fsp3) is 0.250. The Morgan fingerprint density at radius 2 is 1.88 bits per heavy atom. The Hall–Kier alpha value is -3.94. The van der Waals surface area contributed by atoms with E-state index in [0.717, 1.165) is 65.3 Å². The third-order valence-electron chi connectivity index (χ3n) is 5.94. The Balaban J connectivity index is 1.18. The van der Waals surface area contributed by atoms with Crippen molar-refractivity contribution in [3.8, 4) is 17.0 Å². The number of carbonyl (C=O) groups is 1. The van der Waals surface area contributed by atoms with E-state index >= 15 is 0 Å². The molecule has 162 valence electrons. The van der Waals surface area contributed by atoms with Gasteiger partial charge in [-0.3, -0.25) is 9.89 Å². The second kappa shape index (κ2) is 8.66. The van der Waals surface area contributed by atoms with E-state index in [1.54, 1.807) is 13.3 Å². The number of piperidine rings is 1. The lowest BCUT2D eigenvalue weighted by Gasteiger charge is -2.31. The molecule has 8 nitrogen and oxygen atoms in total. The molecule has 1 aliphatic heterocycles. The summed E-state index contributed by atoms with van der Waals surface area (Å²) in [6.45, 7) is 1.54. The standard InChI is InChI=1S/C24H24N6O2/c1-32-20-6-3-16(4-7-20)21-8-9-23(29-28-21)30-12-10-17(11-13-30)24(31)26-19-5-2-18-15-25-27-22(18)14-19/h2-9,14-15,17H,10-13H2,1H3,(H,25,27)(H,26,31). The average Bonchev–Trinajstić information content (AvgIpc) is 3.32. The number of hydrogen-bond donors (Lipinski definition) is 2. The molecule has 0 saturated carbocycles. The highest BCUT2D eigenvalue weighted by Crippen LogP contribution is 2.26. The molecule has 2 aromatic heterocycles. The summed E-state index contributed by atoms with van der Waals surface area (Å²) in [5.74, 6) is 1.69. The molecule has 0 bridgehead atoms. The first-order valence-electron chi connectivity index (χ1n) is 10.7. The van der Waals surface area contributed by atoms with Crippen LogP contribution in [0.25, 0.3) is 22.2 Å². The molecule has 5 rings (SSSR count). The van der Waals surface area contributed by atoms with Crippen LogP contribution in [0.2, 0.25) is 0 Å². The quantitative estimate of drug-likeness (QED) is 0.501. The first-order chi connectivity index (χ1) is 15.7. The molecule has 2 aromatic carbocycles. The third-order valence-corrected chi connectivity index (χ3v) is 5.94. The van der Waals surface area contributed by atoms with Gasteiger partial charge >= 0.3 is 0 Å². The van der Waals surface area contributed by atoms with E-state index in [1.807, 2.05) is 54.6 Å². The molecule has 0 aliphatic carbocycles. The van der Waals surface area contributed by atoms with Gasteiger partial charge in [0.2, 0.25) is 5.91 Å². The summed E-state index contributed by atoms with van der Waals surface area (Å²) in [5, 5.41) is 19.8. The Morgan fingerprint density at radius 1 is 1.06 bits per heavy atom. The number of amides is 1. The Kier molecular flexibility index (Phi) is 5.41. The van der Waals surface area contributed by atoms with Crippen molar-refractivity contribution in [2.45, 2.75) is 12.8 Å². The molecular formula is C24H24N6O2. The summed E-state index contributed by atoms with van der Waals surface area (Å²) in [5.41, 5.74) is 3.51. The van der Waals surface area contributed by atoms with Gasteiger partial charge < -0.3 is 15.0 Å². The van der Waals surface area contributed by atoms with E-state index in [0.29, 0.717) is 0 Å². The van der Waals surface area contributed by atoms with Gasteiger partial charge in [0.1, 0.15) is 5.75 Å². The van der Waals surface area contributed by atoms with Gasteiger partial charge in [0.05, 0.1) is 24.5 Å². The molecule has 1 aliphatic rings. The molecule has 0 spiro atoms. The Bertz CT molecular complexity index is 1210. The fourth-order valence-corrected chi connectivity index (χ4v) is 4.04. The molecule has 1 fully saturated rings. The summed E-state index contributed by atoms with van der Waals surface area (Å²) in [7, 11) is 1.65. The number of nitrogens with one attached hydrogen (secondary N) is 2. The minimum atomic E-state index is -0.0183. The lowest BCUT2D eigenvalue weighted by Crippen LogP contribution is -2.38. The summed E-state index contributed by atoms with van der Waals surface area (Å²) in [6, 6.07) is 17.5. The van der Waals surface area contributed by atoms with E-state index in [1.165, 1.54) is 0 Å². The fourth-order valence-electron chi connectivity index (χ4n) is 4.04. The molecule has 0 unspecified atom stereocenters. The second-order valence-electron chi connectivity index (χ2n) is 7.93. The minimum Gasteiger partial charge on any atom is -0.497 e. The van der Waals surface area contributed by atoms with Crippen LogP contribution in [-0.2, 0) is 4.79 Å². The van der Waals surface area contributed by atoms with Crippen molar-refractivity contribution < 1.29 is 9.53 Å². The van der Waals surface area contributed by atoms with Gasteiger partial charge in [-0.15, -0.1) is 10.2 Å². The summed E-state index contributed by atoms with van der Waals surface area (Å²) < 4.78 is 5.20. The van der Waals surface area contributed by atoms with Crippen LogP contribution in [0.5, 0.6) is 5.75 Å². The normalized spacial score (nSPS) is 14.5. The second-order valence-corrected chi connectivity index (χ2v) is 7.93. The van der Waals surface area contributed by atoms with Crippen molar-refractivity contribution in [3.05, 3.63) is 60.8 Å². The van der Waals surface area contributed by atoms with Crippen LogP contribution in [-0.4, -0.2) is 46.5 Å². The molecular weight excluding hydrogens is 404 g/mol. The molecule has 1 saturated heterocycles. The number of benzene rings is 2. The van der Waals surface area contributed by atoms with Gasteiger partial charge in [0, 0.05) is 35.6 Å². The first-order valence-corrected chi connectivity index (χ1v) is 10.7. The van der Waals surface area contributed by atoms with Crippen molar-refractivity contribution in [2.75, 3.05) is 30.4 Å². The van der Waals surface area contributed by atoms with Crippen LogP contribution in [0.1, 0.15) is 12.8 Å². The number of aromatic nitrogens is 4. The lowest BCUT2D eigenvalue weighted by molar-refractivity contribution is -0.120. The Morgan fingerprint density at radius 3 is 2.59 bits per heavy atom. The Labute approximate surface area is 185 Å². The van der Waals surface area contributed by atoms with Gasteiger partial charge in [-0.2, -0.15) is 5.10 Å². The van der Waals surface area contributed by atoms with Gasteiger partial charge in [0.25, 0.3) is 0 Å². The van der Waals surface area contributed by atoms with Crippen molar-refractivity contribution in [1.29, 1.82) is 0 Å². The number of H-pyrrole nitrogens is 1. The van der Waals surface area contributed by atoms with Crippen molar-refractivity contribution in [2.24, 2.45) is 5.92 Å². The zero-order valence-electron chi connectivity index (χ0n) is 17.8. The van der Waals surface area contributed by atoms with Gasteiger partial charge in [0.15, 0.2) is 5.82 Å². The third kappa shape index (κ3) is 4.12. The summed E-state index contributed by atoms with van der Waals surface area (Å²) in [6.07, 6.45) is 3.32. The van der Waals surface area contributed by atoms with Gasteiger partial charge in [-0.05, 0) is 67.4 Å². The maximum atomic E-state index is 12.7. The van der Waals surface area contributed by atoms with Gasteiger partial charge in [-0.25, -0.2) is 0 Å². The maximum absolute atomic E-state index is 12.7. The van der Waals surface area contributed by atoms with E-state index < -0.39 is 0 Å². The largest absolute Gasteiger partial charge is 0.497 e. The van der Waals surface area contributed by atoms with Crippen LogP contribution in [0.4, 0.5) is 11.5 Å². The van der Waals surface area contributed by atoms with E-state index in [9.17, 15) is 4.79 Å². The molecule has 1 amide bonds. The van der Waals surface area contributed by atoms with Crippen LogP contribution >= 0.6 is 0 Å². The number of rotatable bonds is 5. The first kappa shape index (κ1) is 20.0. The lowest BCUT2D eigenvalue weighted by atomic mass is 9.95. The van der Waals surface area contributed by atoms with Crippen LogP contribution in [0.3, 0.4) is 0 Å². The SMILES string of the molecule is COc1ccc(-c2ccc(N3CCC(C(=O)Nc4ccc5cn[nH]c5c4)CC3)nn2)cc1. The highest BCUT2D eigenvalue weighted by atomic mass is 16.5. The van der Waals surface area contributed by atoms with Crippen LogP contribution in [0.15, 0.2) is 60.8 Å². The molecule has 2 N–H and O–H groups in total. The predicted octanol–water partition coefficient (Wildman–Crippen LogP) is 3.88. The number of nitrogens with zero attached hydrogens (tertiary/aromatic N) is 4.